The van der Waals surface area contributed by atoms with Crippen molar-refractivity contribution in [3.8, 4) is 11.5 Å². The second kappa shape index (κ2) is 20.0. The van der Waals surface area contributed by atoms with Crippen molar-refractivity contribution in [1.29, 1.82) is 0 Å². The lowest BCUT2D eigenvalue weighted by atomic mass is 10.2. The van der Waals surface area contributed by atoms with Crippen molar-refractivity contribution >= 4 is 51.1 Å². The van der Waals surface area contributed by atoms with Crippen LogP contribution in [0.5, 0.6) is 11.5 Å². The summed E-state index contributed by atoms with van der Waals surface area (Å²) in [5.41, 5.74) is 10.0. The molecule has 10 rings (SSSR count). The summed E-state index contributed by atoms with van der Waals surface area (Å²) in [6.45, 7) is 12.0. The van der Waals surface area contributed by atoms with Crippen LogP contribution < -0.4 is 25.4 Å². The number of benzene rings is 4. The first-order chi connectivity index (χ1) is 30.8. The first kappa shape index (κ1) is 42.3. The average molecular weight is 839 g/mol. The molecular formula is C50H50N10O3. The zero-order valence-electron chi connectivity index (χ0n) is 35.8. The molecule has 2 aliphatic heterocycles. The molecule has 13 nitrogen and oxygen atoms in total. The van der Waals surface area contributed by atoms with Gasteiger partial charge in [-0.15, -0.1) is 0 Å². The largest absolute Gasteiger partial charge is 0.491 e. The Morgan fingerprint density at radius 2 is 1.17 bits per heavy atom. The predicted octanol–water partition coefficient (Wildman–Crippen LogP) is 9.73. The second-order valence-electron chi connectivity index (χ2n) is 15.7. The van der Waals surface area contributed by atoms with Gasteiger partial charge in [0.2, 0.25) is 0 Å². The molecule has 0 fully saturated rings. The van der Waals surface area contributed by atoms with Crippen LogP contribution in [0.3, 0.4) is 0 Å². The number of anilines is 4. The highest BCUT2D eigenvalue weighted by Crippen LogP contribution is 2.32. The fraction of sp³-hybridized carbons (Fsp3) is 0.220. The molecule has 6 heterocycles. The number of para-hydroxylation sites is 4. The van der Waals surface area contributed by atoms with Gasteiger partial charge < -0.3 is 25.4 Å². The van der Waals surface area contributed by atoms with Crippen LogP contribution in [0, 0.1) is 0 Å². The molecule has 0 spiro atoms. The first-order valence-corrected chi connectivity index (χ1v) is 21.1. The van der Waals surface area contributed by atoms with E-state index in [9.17, 15) is 4.79 Å². The molecule has 13 heteroatoms. The fourth-order valence-electron chi connectivity index (χ4n) is 7.40. The molecule has 0 aliphatic carbocycles. The number of rotatable bonds is 11. The predicted molar refractivity (Wildman–Crippen MR) is 247 cm³/mol. The minimum atomic E-state index is 0.103. The van der Waals surface area contributed by atoms with Crippen molar-refractivity contribution < 1.29 is 14.3 Å². The minimum Gasteiger partial charge on any atom is -0.491 e. The van der Waals surface area contributed by atoms with Crippen LogP contribution >= 0.6 is 0 Å². The molecule has 8 aromatic rings. The smallest absolute Gasteiger partial charge is 0.153 e. The van der Waals surface area contributed by atoms with Gasteiger partial charge in [-0.25, -0.2) is 19.9 Å². The normalized spacial score (nSPS) is 12.8. The van der Waals surface area contributed by atoms with Crippen LogP contribution in [0.4, 0.5) is 23.0 Å². The molecule has 0 saturated heterocycles. The quantitative estimate of drug-likeness (QED) is 0.106. The van der Waals surface area contributed by atoms with Gasteiger partial charge in [0.15, 0.2) is 6.29 Å². The Morgan fingerprint density at radius 3 is 1.83 bits per heavy atom. The zero-order chi connectivity index (χ0) is 43.5. The zero-order valence-corrected chi connectivity index (χ0v) is 35.8. The van der Waals surface area contributed by atoms with Crippen LogP contribution in [0.15, 0.2) is 134 Å². The summed E-state index contributed by atoms with van der Waals surface area (Å²) < 4.78 is 11.4. The number of pyridine rings is 2. The Morgan fingerprint density at radius 1 is 0.619 bits per heavy atom. The van der Waals surface area contributed by atoms with E-state index in [-0.39, 0.29) is 12.2 Å². The molecule has 4 aromatic heterocycles. The second-order valence-corrected chi connectivity index (χ2v) is 15.7. The van der Waals surface area contributed by atoms with Crippen LogP contribution in [0.2, 0.25) is 0 Å². The molecule has 63 heavy (non-hydrogen) atoms. The molecule has 0 atom stereocenters. The van der Waals surface area contributed by atoms with Gasteiger partial charge in [-0.3, -0.25) is 19.7 Å². The molecule has 0 amide bonds. The number of ether oxygens (including phenoxy) is 2. The minimum absolute atomic E-state index is 0.103. The number of hydrogen-bond donors (Lipinski definition) is 3. The molecule has 0 bridgehead atoms. The highest BCUT2D eigenvalue weighted by molar-refractivity contribution is 5.83. The van der Waals surface area contributed by atoms with E-state index in [1.165, 1.54) is 5.56 Å². The third-order valence-electron chi connectivity index (χ3n) is 10.3. The number of nitrogens with one attached hydrogen (secondary N) is 3. The van der Waals surface area contributed by atoms with Crippen LogP contribution in [-0.4, -0.2) is 53.3 Å². The van der Waals surface area contributed by atoms with Crippen molar-refractivity contribution in [1.82, 2.24) is 40.1 Å². The van der Waals surface area contributed by atoms with E-state index >= 15 is 0 Å². The summed E-state index contributed by atoms with van der Waals surface area (Å²) in [6.07, 6.45) is 7.97. The average Bonchev–Trinajstić information content (AvgIpc) is 3.96. The lowest BCUT2D eigenvalue weighted by Gasteiger charge is -2.19. The number of aromatic nitrogens is 6. The van der Waals surface area contributed by atoms with Gasteiger partial charge in [0, 0.05) is 60.2 Å². The Balaban J connectivity index is 0.000000145. The number of hydrogen-bond acceptors (Lipinski definition) is 13. The van der Waals surface area contributed by atoms with E-state index in [4.69, 9.17) is 9.47 Å². The molecule has 0 saturated carbocycles. The van der Waals surface area contributed by atoms with Gasteiger partial charge in [0.05, 0.1) is 64.0 Å². The number of fused-ring (bicyclic) bond motifs is 4. The summed E-state index contributed by atoms with van der Waals surface area (Å²) in [7, 11) is 0. The van der Waals surface area contributed by atoms with Crippen molar-refractivity contribution in [2.45, 2.75) is 72.6 Å². The Bertz CT molecular complexity index is 2830. The van der Waals surface area contributed by atoms with Crippen LogP contribution in [0.25, 0.3) is 21.8 Å². The molecule has 3 N–H and O–H groups in total. The highest BCUT2D eigenvalue weighted by atomic mass is 16.5. The monoisotopic (exact) mass is 838 g/mol. The van der Waals surface area contributed by atoms with Crippen molar-refractivity contribution in [3.05, 3.63) is 168 Å². The lowest BCUT2D eigenvalue weighted by molar-refractivity contribution is 0.111. The van der Waals surface area contributed by atoms with E-state index < -0.39 is 0 Å². The molecule has 2 aliphatic rings. The number of carbonyl (C=O) groups is 1. The third kappa shape index (κ3) is 10.8. The summed E-state index contributed by atoms with van der Waals surface area (Å²) in [5.74, 6) is 3.30. The summed E-state index contributed by atoms with van der Waals surface area (Å²) >= 11 is 0. The maximum Gasteiger partial charge on any atom is 0.153 e. The van der Waals surface area contributed by atoms with E-state index in [0.29, 0.717) is 11.3 Å². The van der Waals surface area contributed by atoms with Crippen LogP contribution in [0.1, 0.15) is 66.1 Å². The SMILES string of the molecule is CC(C)Oc1ccccc1C=O.CC(C)Oc1ccccc1CN1Cc2ncnc(Nc3cnc4ccccc4c3)c2C1.c1ccc2ncc(Nc3ncnc4c3CNC4)cc2c1. The topological polar surface area (TPSA) is 152 Å². The number of nitrogens with zero attached hydrogens (tertiary/aromatic N) is 7. The van der Waals surface area contributed by atoms with Crippen LogP contribution in [-0.2, 0) is 32.7 Å². The summed E-state index contributed by atoms with van der Waals surface area (Å²) in [5, 5.41) is 12.3. The Hall–Kier alpha value is -7.35. The fourth-order valence-corrected chi connectivity index (χ4v) is 7.40. The van der Waals surface area contributed by atoms with Gasteiger partial charge in [0.25, 0.3) is 0 Å². The Labute approximate surface area is 367 Å². The van der Waals surface area contributed by atoms with Crippen molar-refractivity contribution in [2.75, 3.05) is 10.6 Å². The van der Waals surface area contributed by atoms with Crippen molar-refractivity contribution in [3.63, 3.8) is 0 Å². The molecule has 0 radical (unpaired) electrons. The van der Waals surface area contributed by atoms with E-state index in [0.717, 1.165) is 112 Å². The van der Waals surface area contributed by atoms with Gasteiger partial charge in [-0.2, -0.15) is 0 Å². The van der Waals surface area contributed by atoms with Gasteiger partial charge >= 0.3 is 0 Å². The number of carbonyl (C=O) groups excluding carboxylic acids is 1. The highest BCUT2D eigenvalue weighted by Gasteiger charge is 2.25. The maximum atomic E-state index is 10.5. The van der Waals surface area contributed by atoms with E-state index in [1.54, 1.807) is 24.8 Å². The summed E-state index contributed by atoms with van der Waals surface area (Å²) in [4.78, 5) is 39.6. The standard InChI is InChI=1S/C25H25N5O.C15H13N5.C10H12O2/c1-17(2)31-24-10-6-4-8-19(24)13-30-14-21-23(15-30)27-16-28-25(21)29-20-11-18-7-3-5-9-22(18)26-12-20;1-2-4-13-10(3-1)5-11(6-17-13)20-15-12-7-16-8-14(12)18-9-19-15;1-8(2)12-10-6-4-3-5-9(10)7-11/h3-12,16-17H,13-15H2,1-2H3,(H,27,28,29);1-6,9,16H,7-8H2,(H,18,19,20);3-8H,1-2H3. The molecule has 0 unspecified atom stereocenters. The first-order valence-electron chi connectivity index (χ1n) is 21.1. The van der Waals surface area contributed by atoms with E-state index in [2.05, 4.69) is 101 Å². The van der Waals surface area contributed by atoms with Gasteiger partial charge in [-0.1, -0.05) is 66.7 Å². The van der Waals surface area contributed by atoms with Crippen molar-refractivity contribution in [2.24, 2.45) is 0 Å². The third-order valence-corrected chi connectivity index (χ3v) is 10.3. The maximum absolute atomic E-state index is 10.5. The summed E-state index contributed by atoms with van der Waals surface area (Å²) in [6, 6.07) is 35.8. The molecule has 318 valence electrons. The number of aldehydes is 1. The lowest BCUT2D eigenvalue weighted by Crippen LogP contribution is -2.17. The van der Waals surface area contributed by atoms with Gasteiger partial charge in [-0.05, 0) is 70.2 Å². The Kier molecular flexibility index (Phi) is 13.5. The molecule has 4 aromatic carbocycles. The van der Waals surface area contributed by atoms with E-state index in [1.807, 2.05) is 86.9 Å². The van der Waals surface area contributed by atoms with Gasteiger partial charge in [0.1, 0.15) is 35.8 Å². The molecular weight excluding hydrogens is 789 g/mol.